The van der Waals surface area contributed by atoms with Crippen molar-refractivity contribution in [3.05, 3.63) is 24.5 Å². The minimum atomic E-state index is 0.471. The fraction of sp³-hybridized carbons (Fsp3) is 0.364. The molecule has 0 fully saturated rings. The van der Waals surface area contributed by atoms with Gasteiger partial charge in [0.2, 0.25) is 5.95 Å². The number of hydrogen-bond acceptors (Lipinski definition) is 4. The highest BCUT2D eigenvalue weighted by Crippen LogP contribution is 2.20. The van der Waals surface area contributed by atoms with Gasteiger partial charge in [-0.2, -0.15) is 4.98 Å². The second kappa shape index (κ2) is 3.59. The number of nitrogens with zero attached hydrogens (tertiary/aromatic N) is 4. The molecular formula is C11H13N5. The summed E-state index contributed by atoms with van der Waals surface area (Å²) in [6, 6.07) is 4.34. The molecule has 1 aliphatic rings. The van der Waals surface area contributed by atoms with Crippen LogP contribution in [0.1, 0.15) is 13.3 Å². The van der Waals surface area contributed by atoms with Crippen molar-refractivity contribution in [1.29, 1.82) is 0 Å². The number of hydrogen-bond donors (Lipinski definition) is 1. The molecule has 0 saturated carbocycles. The van der Waals surface area contributed by atoms with Crippen molar-refractivity contribution in [3.63, 3.8) is 0 Å². The summed E-state index contributed by atoms with van der Waals surface area (Å²) < 4.78 is 1.92. The predicted octanol–water partition coefficient (Wildman–Crippen LogP) is 1.54. The number of anilines is 1. The van der Waals surface area contributed by atoms with E-state index < -0.39 is 0 Å². The Bertz CT molecular complexity index is 490. The predicted molar refractivity (Wildman–Crippen MR) is 61.0 cm³/mol. The highest BCUT2D eigenvalue weighted by molar-refractivity contribution is 5.54. The van der Waals surface area contributed by atoms with Crippen LogP contribution in [0.3, 0.4) is 0 Å². The third-order valence-electron chi connectivity index (χ3n) is 2.74. The second-order valence-electron chi connectivity index (χ2n) is 4.06. The highest BCUT2D eigenvalue weighted by atomic mass is 15.4. The van der Waals surface area contributed by atoms with Gasteiger partial charge in [-0.3, -0.25) is 4.98 Å². The van der Waals surface area contributed by atoms with Gasteiger partial charge in [-0.05, 0) is 25.5 Å². The highest BCUT2D eigenvalue weighted by Gasteiger charge is 2.18. The molecule has 0 saturated heterocycles. The first kappa shape index (κ1) is 9.33. The number of aryl methyl sites for hydroxylation is 1. The van der Waals surface area contributed by atoms with E-state index in [2.05, 4.69) is 27.3 Å². The first-order valence-electron chi connectivity index (χ1n) is 5.45. The van der Waals surface area contributed by atoms with Crippen LogP contribution in [-0.2, 0) is 6.54 Å². The van der Waals surface area contributed by atoms with Crippen molar-refractivity contribution in [2.45, 2.75) is 25.9 Å². The van der Waals surface area contributed by atoms with E-state index >= 15 is 0 Å². The van der Waals surface area contributed by atoms with Crippen LogP contribution >= 0.6 is 0 Å². The zero-order valence-corrected chi connectivity index (χ0v) is 9.09. The molecule has 2 aromatic heterocycles. The van der Waals surface area contributed by atoms with Gasteiger partial charge in [0.15, 0.2) is 5.82 Å². The lowest BCUT2D eigenvalue weighted by atomic mass is 10.2. The molecule has 0 aromatic carbocycles. The van der Waals surface area contributed by atoms with Crippen LogP contribution < -0.4 is 5.32 Å². The number of aromatic nitrogens is 4. The van der Waals surface area contributed by atoms with E-state index in [0.29, 0.717) is 6.04 Å². The summed E-state index contributed by atoms with van der Waals surface area (Å²) in [5.41, 5.74) is 0.957. The Hall–Kier alpha value is -1.91. The van der Waals surface area contributed by atoms with Crippen molar-refractivity contribution in [2.75, 3.05) is 5.32 Å². The van der Waals surface area contributed by atoms with Gasteiger partial charge in [-0.15, -0.1) is 5.10 Å². The molecule has 1 atom stereocenters. The normalized spacial score (nSPS) is 18.9. The summed E-state index contributed by atoms with van der Waals surface area (Å²) in [7, 11) is 0. The Labute approximate surface area is 93.5 Å². The van der Waals surface area contributed by atoms with E-state index in [0.717, 1.165) is 30.3 Å². The lowest BCUT2D eigenvalue weighted by molar-refractivity contribution is 0.510. The molecule has 0 amide bonds. The Kier molecular flexibility index (Phi) is 2.09. The van der Waals surface area contributed by atoms with E-state index in [1.165, 1.54) is 0 Å². The molecule has 3 rings (SSSR count). The van der Waals surface area contributed by atoms with Crippen LogP contribution in [0.5, 0.6) is 0 Å². The smallest absolute Gasteiger partial charge is 0.221 e. The fourth-order valence-corrected chi connectivity index (χ4v) is 1.83. The fourth-order valence-electron chi connectivity index (χ4n) is 1.83. The van der Waals surface area contributed by atoms with Gasteiger partial charge in [0, 0.05) is 30.5 Å². The van der Waals surface area contributed by atoms with Gasteiger partial charge in [-0.25, -0.2) is 4.68 Å². The molecule has 0 spiro atoms. The summed E-state index contributed by atoms with van der Waals surface area (Å²) in [4.78, 5) is 8.54. The average Bonchev–Trinajstić information content (AvgIpc) is 2.73. The van der Waals surface area contributed by atoms with Gasteiger partial charge in [0.05, 0.1) is 0 Å². The molecule has 1 N–H and O–H groups in total. The van der Waals surface area contributed by atoms with E-state index in [1.807, 2.05) is 16.8 Å². The Morgan fingerprint density at radius 1 is 1.50 bits per heavy atom. The zero-order chi connectivity index (χ0) is 11.0. The monoisotopic (exact) mass is 215 g/mol. The van der Waals surface area contributed by atoms with E-state index in [-0.39, 0.29) is 0 Å². The maximum absolute atomic E-state index is 4.47. The van der Waals surface area contributed by atoms with E-state index in [4.69, 9.17) is 0 Å². The van der Waals surface area contributed by atoms with Gasteiger partial charge in [0.1, 0.15) is 0 Å². The first-order chi connectivity index (χ1) is 7.83. The van der Waals surface area contributed by atoms with Gasteiger partial charge >= 0.3 is 0 Å². The van der Waals surface area contributed by atoms with Crippen molar-refractivity contribution in [3.8, 4) is 11.4 Å². The van der Waals surface area contributed by atoms with Crippen molar-refractivity contribution in [1.82, 2.24) is 19.7 Å². The topological polar surface area (TPSA) is 55.6 Å². The number of fused-ring (bicyclic) bond motifs is 1. The van der Waals surface area contributed by atoms with Crippen LogP contribution in [0, 0.1) is 0 Å². The molecule has 0 aliphatic carbocycles. The SMILES string of the molecule is CC1CCn2nc(-c3cccnc3)nc2N1. The molecule has 1 unspecified atom stereocenters. The average molecular weight is 215 g/mol. The largest absolute Gasteiger partial charge is 0.352 e. The summed E-state index contributed by atoms with van der Waals surface area (Å²) in [6.45, 7) is 3.08. The molecular weight excluding hydrogens is 202 g/mol. The molecule has 2 aromatic rings. The summed E-state index contributed by atoms with van der Waals surface area (Å²) in [6.07, 6.45) is 4.62. The Balaban J connectivity index is 1.99. The third-order valence-corrected chi connectivity index (χ3v) is 2.74. The second-order valence-corrected chi connectivity index (χ2v) is 4.06. The molecule has 5 nitrogen and oxygen atoms in total. The molecule has 5 heteroatoms. The van der Waals surface area contributed by atoms with Crippen LogP contribution in [0.25, 0.3) is 11.4 Å². The van der Waals surface area contributed by atoms with E-state index in [1.54, 1.807) is 12.4 Å². The third kappa shape index (κ3) is 1.54. The number of nitrogens with one attached hydrogen (secondary N) is 1. The maximum atomic E-state index is 4.47. The van der Waals surface area contributed by atoms with Gasteiger partial charge < -0.3 is 5.32 Å². The number of rotatable bonds is 1. The lowest BCUT2D eigenvalue weighted by Gasteiger charge is -2.20. The van der Waals surface area contributed by atoms with Crippen molar-refractivity contribution < 1.29 is 0 Å². The van der Waals surface area contributed by atoms with Gasteiger partial charge in [-0.1, -0.05) is 0 Å². The molecule has 0 bridgehead atoms. The summed E-state index contributed by atoms with van der Waals surface area (Å²) in [5, 5.41) is 7.78. The van der Waals surface area contributed by atoms with Crippen LogP contribution in [0.15, 0.2) is 24.5 Å². The molecule has 82 valence electrons. The molecule has 16 heavy (non-hydrogen) atoms. The van der Waals surface area contributed by atoms with Crippen LogP contribution in [-0.4, -0.2) is 25.8 Å². The van der Waals surface area contributed by atoms with E-state index in [9.17, 15) is 0 Å². The Morgan fingerprint density at radius 3 is 3.25 bits per heavy atom. The lowest BCUT2D eigenvalue weighted by Crippen LogP contribution is -2.26. The zero-order valence-electron chi connectivity index (χ0n) is 9.09. The molecule has 3 heterocycles. The molecule has 1 aliphatic heterocycles. The Morgan fingerprint density at radius 2 is 2.44 bits per heavy atom. The summed E-state index contributed by atoms with van der Waals surface area (Å²) in [5.74, 6) is 1.60. The van der Waals surface area contributed by atoms with Crippen LogP contribution in [0.2, 0.25) is 0 Å². The maximum Gasteiger partial charge on any atom is 0.221 e. The summed E-state index contributed by atoms with van der Waals surface area (Å²) >= 11 is 0. The van der Waals surface area contributed by atoms with Crippen molar-refractivity contribution >= 4 is 5.95 Å². The van der Waals surface area contributed by atoms with Gasteiger partial charge in [0.25, 0.3) is 0 Å². The quantitative estimate of drug-likeness (QED) is 0.784. The van der Waals surface area contributed by atoms with Crippen molar-refractivity contribution in [2.24, 2.45) is 0 Å². The first-order valence-corrected chi connectivity index (χ1v) is 5.45. The van der Waals surface area contributed by atoms with Crippen LogP contribution in [0.4, 0.5) is 5.95 Å². The minimum Gasteiger partial charge on any atom is -0.352 e. The molecule has 0 radical (unpaired) electrons. The number of pyridine rings is 1. The minimum absolute atomic E-state index is 0.471. The standard InChI is InChI=1S/C11H13N5/c1-8-4-6-16-11(13-8)14-10(15-16)9-3-2-5-12-7-9/h2-3,5,7-8H,4,6H2,1H3,(H,13,14,15).